The first kappa shape index (κ1) is 26.9. The number of halogens is 6. The summed E-state index contributed by atoms with van der Waals surface area (Å²) in [5.74, 6) is -15.9. The van der Waals surface area contributed by atoms with Gasteiger partial charge in [-0.25, -0.2) is 0 Å². The number of rotatable bonds is 10. The van der Waals surface area contributed by atoms with Crippen molar-refractivity contribution in [3.05, 3.63) is 56.1 Å². The van der Waals surface area contributed by atoms with E-state index in [0.717, 1.165) is 54.4 Å². The van der Waals surface area contributed by atoms with E-state index in [-0.39, 0.29) is 39.1 Å². The first-order valence-corrected chi connectivity index (χ1v) is 13.6. The maximum Gasteiger partial charge on any atom is 0.380 e. The number of aryl methyl sites for hydroxylation is 2. The predicted octanol–water partition coefficient (Wildman–Crippen LogP) is 9.68. The first-order chi connectivity index (χ1) is 17.0. The lowest BCUT2D eigenvalue weighted by Gasteiger charge is -2.26. The standard InChI is InChI=1S/C27H26F6OS2/c1-3-5-6-7-8-12-21-18(14-16(15-34)35-21)23-24(26(30,31)27(32,33)25(23,28)29)22-17-11-9-10-13-20(17)36-19(22)4-2/h9-11,13-15H,3-8,12H2,1-2H3. The number of benzene rings is 1. The highest BCUT2D eigenvalue weighted by Crippen LogP contribution is 2.66. The van der Waals surface area contributed by atoms with Gasteiger partial charge in [0.25, 0.3) is 0 Å². The molecule has 2 heterocycles. The lowest BCUT2D eigenvalue weighted by atomic mass is 9.91. The molecular formula is C27H26F6OS2. The molecule has 194 valence electrons. The van der Waals surface area contributed by atoms with Crippen LogP contribution in [0.2, 0.25) is 0 Å². The zero-order valence-corrected chi connectivity index (χ0v) is 21.5. The van der Waals surface area contributed by atoms with Gasteiger partial charge in [0.15, 0.2) is 6.29 Å². The van der Waals surface area contributed by atoms with Crippen LogP contribution in [-0.4, -0.2) is 24.1 Å². The van der Waals surface area contributed by atoms with Gasteiger partial charge in [0.05, 0.1) is 4.88 Å². The normalized spacial score (nSPS) is 18.3. The zero-order valence-electron chi connectivity index (χ0n) is 19.9. The van der Waals surface area contributed by atoms with Crippen molar-refractivity contribution in [1.29, 1.82) is 0 Å². The first-order valence-electron chi connectivity index (χ1n) is 12.0. The van der Waals surface area contributed by atoms with Gasteiger partial charge in [-0.1, -0.05) is 57.7 Å². The van der Waals surface area contributed by atoms with Gasteiger partial charge < -0.3 is 0 Å². The van der Waals surface area contributed by atoms with Crippen LogP contribution in [-0.2, 0) is 12.8 Å². The third kappa shape index (κ3) is 4.12. The molecule has 1 nitrogen and oxygen atoms in total. The van der Waals surface area contributed by atoms with Crippen LogP contribution in [0.4, 0.5) is 26.3 Å². The molecule has 1 aliphatic rings. The fraction of sp³-hybridized carbons (Fsp3) is 0.444. The topological polar surface area (TPSA) is 17.1 Å². The summed E-state index contributed by atoms with van der Waals surface area (Å²) in [4.78, 5) is 12.2. The van der Waals surface area contributed by atoms with Crippen molar-refractivity contribution in [2.24, 2.45) is 0 Å². The quantitative estimate of drug-likeness (QED) is 0.141. The number of allylic oxidation sites excluding steroid dienone is 2. The van der Waals surface area contributed by atoms with Crippen LogP contribution in [0, 0.1) is 0 Å². The summed E-state index contributed by atoms with van der Waals surface area (Å²) in [6, 6.07) is 7.47. The number of alkyl halides is 6. The molecule has 0 aliphatic heterocycles. The van der Waals surface area contributed by atoms with Crippen molar-refractivity contribution in [2.75, 3.05) is 0 Å². The Labute approximate surface area is 213 Å². The second-order valence-corrected chi connectivity index (χ2v) is 11.3. The van der Waals surface area contributed by atoms with E-state index in [2.05, 4.69) is 0 Å². The van der Waals surface area contributed by atoms with Crippen LogP contribution in [0.3, 0.4) is 0 Å². The molecule has 0 saturated heterocycles. The van der Waals surface area contributed by atoms with E-state index in [1.807, 2.05) is 6.92 Å². The fourth-order valence-corrected chi connectivity index (χ4v) is 7.00. The third-order valence-electron chi connectivity index (χ3n) is 6.63. The number of thiophene rings is 2. The van der Waals surface area contributed by atoms with E-state index in [0.29, 0.717) is 22.3 Å². The average molecular weight is 545 g/mol. The lowest BCUT2D eigenvalue weighted by molar-refractivity contribution is -0.254. The molecule has 36 heavy (non-hydrogen) atoms. The summed E-state index contributed by atoms with van der Waals surface area (Å²) < 4.78 is 92.3. The largest absolute Gasteiger partial charge is 0.380 e. The zero-order chi connectivity index (χ0) is 26.3. The molecule has 0 amide bonds. The van der Waals surface area contributed by atoms with E-state index < -0.39 is 28.9 Å². The van der Waals surface area contributed by atoms with E-state index in [9.17, 15) is 13.6 Å². The highest BCUT2D eigenvalue weighted by Gasteiger charge is 2.80. The maximum absolute atomic E-state index is 15.5. The maximum atomic E-state index is 15.5. The third-order valence-corrected chi connectivity index (χ3v) is 9.06. The van der Waals surface area contributed by atoms with Gasteiger partial charge in [0.1, 0.15) is 0 Å². The minimum Gasteiger partial charge on any atom is -0.297 e. The van der Waals surface area contributed by atoms with E-state index in [1.165, 1.54) is 6.07 Å². The Morgan fingerprint density at radius 2 is 1.50 bits per heavy atom. The van der Waals surface area contributed by atoms with Crippen LogP contribution in [0.1, 0.15) is 76.5 Å². The Morgan fingerprint density at radius 3 is 2.17 bits per heavy atom. The molecule has 3 aromatic rings. The van der Waals surface area contributed by atoms with Crippen molar-refractivity contribution >= 4 is 50.2 Å². The number of hydrogen-bond donors (Lipinski definition) is 0. The highest BCUT2D eigenvalue weighted by molar-refractivity contribution is 7.19. The molecular weight excluding hydrogens is 518 g/mol. The highest BCUT2D eigenvalue weighted by atomic mass is 32.1. The molecule has 1 aromatic carbocycles. The van der Waals surface area contributed by atoms with Crippen molar-refractivity contribution in [3.8, 4) is 0 Å². The van der Waals surface area contributed by atoms with Crippen LogP contribution in [0.15, 0.2) is 30.3 Å². The summed E-state index contributed by atoms with van der Waals surface area (Å²) >= 11 is 2.03. The molecule has 9 heteroatoms. The van der Waals surface area contributed by atoms with Crippen LogP contribution < -0.4 is 0 Å². The molecule has 0 saturated carbocycles. The average Bonchev–Trinajstić information content (AvgIpc) is 3.44. The van der Waals surface area contributed by atoms with Gasteiger partial charge in [-0.2, -0.15) is 26.3 Å². The van der Waals surface area contributed by atoms with E-state index in [1.54, 1.807) is 25.1 Å². The molecule has 0 unspecified atom stereocenters. The Bertz CT molecular complexity index is 1300. The molecule has 0 spiro atoms. The summed E-state index contributed by atoms with van der Waals surface area (Å²) in [5.41, 5.74) is -3.30. The minimum atomic E-state index is -5.62. The summed E-state index contributed by atoms with van der Waals surface area (Å²) in [6.07, 6.45) is 5.17. The second kappa shape index (κ2) is 9.97. The number of carbonyl (C=O) groups excluding carboxylic acids is 1. The Hall–Kier alpha value is -2.13. The number of aldehydes is 1. The summed E-state index contributed by atoms with van der Waals surface area (Å²) in [5, 5.41) is 0.243. The summed E-state index contributed by atoms with van der Waals surface area (Å²) in [6.45, 7) is 3.72. The van der Waals surface area contributed by atoms with Gasteiger partial charge in [-0.3, -0.25) is 4.79 Å². The van der Waals surface area contributed by atoms with E-state index >= 15 is 17.6 Å². The van der Waals surface area contributed by atoms with Crippen molar-refractivity contribution in [2.45, 2.75) is 76.6 Å². The number of unbranched alkanes of at least 4 members (excludes halogenated alkanes) is 4. The Morgan fingerprint density at radius 1 is 0.833 bits per heavy atom. The van der Waals surface area contributed by atoms with E-state index in [4.69, 9.17) is 0 Å². The molecule has 0 bridgehead atoms. The second-order valence-electron chi connectivity index (χ2n) is 8.99. The fourth-order valence-electron chi connectivity index (χ4n) is 4.82. The van der Waals surface area contributed by atoms with Gasteiger partial charge >= 0.3 is 17.8 Å². The Balaban J connectivity index is 2.00. The molecule has 0 atom stereocenters. The minimum absolute atomic E-state index is 0.0423. The summed E-state index contributed by atoms with van der Waals surface area (Å²) in [7, 11) is 0. The van der Waals surface area contributed by atoms with Crippen molar-refractivity contribution in [3.63, 3.8) is 0 Å². The molecule has 2 aromatic heterocycles. The molecule has 0 radical (unpaired) electrons. The SMILES string of the molecule is CCCCCCCc1sc(C=O)cc1C1=C(c2c(CC)sc3ccccc23)C(F)(F)C(F)(F)C1(F)F. The monoisotopic (exact) mass is 544 g/mol. The van der Waals surface area contributed by atoms with Gasteiger partial charge in [0.2, 0.25) is 0 Å². The number of fused-ring (bicyclic) bond motifs is 1. The van der Waals surface area contributed by atoms with Crippen LogP contribution >= 0.6 is 22.7 Å². The number of hydrogen-bond acceptors (Lipinski definition) is 3. The van der Waals surface area contributed by atoms with Gasteiger partial charge in [-0.15, -0.1) is 22.7 Å². The van der Waals surface area contributed by atoms with Crippen LogP contribution in [0.5, 0.6) is 0 Å². The molecule has 1 aliphatic carbocycles. The van der Waals surface area contributed by atoms with Crippen LogP contribution in [0.25, 0.3) is 21.2 Å². The number of carbonyl (C=O) groups is 1. The lowest BCUT2D eigenvalue weighted by Crippen LogP contribution is -2.49. The molecule has 4 rings (SSSR count). The van der Waals surface area contributed by atoms with Gasteiger partial charge in [0, 0.05) is 36.6 Å². The smallest absolute Gasteiger partial charge is 0.297 e. The Kier molecular flexibility index (Phi) is 7.45. The molecule has 0 fully saturated rings. The van der Waals surface area contributed by atoms with Crippen molar-refractivity contribution in [1.82, 2.24) is 0 Å². The van der Waals surface area contributed by atoms with Crippen molar-refractivity contribution < 1.29 is 31.1 Å². The van der Waals surface area contributed by atoms with Gasteiger partial charge in [-0.05, 0) is 37.0 Å². The predicted molar refractivity (Wildman–Crippen MR) is 135 cm³/mol. The molecule has 0 N–H and O–H groups in total.